The van der Waals surface area contributed by atoms with Crippen LogP contribution in [0.5, 0.6) is 5.75 Å². The van der Waals surface area contributed by atoms with Crippen LogP contribution in [0.4, 0.5) is 5.69 Å². The molecule has 0 aliphatic heterocycles. The molecular formula is C23H23NO4. The molecule has 0 heterocycles. The highest BCUT2D eigenvalue weighted by Gasteiger charge is 2.29. The highest BCUT2D eigenvalue weighted by molar-refractivity contribution is 6.06. The number of aryl methyl sites for hydroxylation is 2. The highest BCUT2D eigenvalue weighted by atomic mass is 16.5. The maximum Gasteiger partial charge on any atom is 0.347 e. The monoisotopic (exact) mass is 377 g/mol. The lowest BCUT2D eigenvalue weighted by Gasteiger charge is -2.21. The smallest absolute Gasteiger partial charge is 0.347 e. The molecule has 2 N–H and O–H groups in total. The van der Waals surface area contributed by atoms with Crippen molar-refractivity contribution in [2.24, 2.45) is 0 Å². The van der Waals surface area contributed by atoms with Gasteiger partial charge >= 0.3 is 5.97 Å². The summed E-state index contributed by atoms with van der Waals surface area (Å²) in [7, 11) is 0. The van der Waals surface area contributed by atoms with Crippen LogP contribution in [0.15, 0.2) is 54.6 Å². The number of anilines is 1. The van der Waals surface area contributed by atoms with Crippen molar-refractivity contribution in [3.05, 3.63) is 71.3 Å². The molecule has 3 aromatic rings. The number of hydrogen-bond acceptors (Lipinski definition) is 3. The Kier molecular flexibility index (Phi) is 5.10. The van der Waals surface area contributed by atoms with Crippen LogP contribution in [0, 0.1) is 13.8 Å². The fraction of sp³-hybridized carbons (Fsp3) is 0.217. The van der Waals surface area contributed by atoms with Crippen LogP contribution in [-0.2, 0) is 4.79 Å². The summed E-state index contributed by atoms with van der Waals surface area (Å²) in [6, 6.07) is 16.6. The number of nitrogens with one attached hydrogen (secondary N) is 1. The quantitative estimate of drug-likeness (QED) is 0.660. The number of aliphatic carboxylic acids is 1. The van der Waals surface area contributed by atoms with Crippen LogP contribution in [-0.4, -0.2) is 22.6 Å². The molecule has 144 valence electrons. The molecule has 0 saturated carbocycles. The predicted molar refractivity (Wildman–Crippen MR) is 110 cm³/mol. The minimum absolute atomic E-state index is 0.181. The van der Waals surface area contributed by atoms with Crippen LogP contribution < -0.4 is 10.1 Å². The summed E-state index contributed by atoms with van der Waals surface area (Å²) in [5.74, 6) is -0.752. The van der Waals surface area contributed by atoms with E-state index in [-0.39, 0.29) is 5.91 Å². The molecule has 3 aromatic carbocycles. The zero-order chi connectivity index (χ0) is 20.5. The van der Waals surface area contributed by atoms with Crippen LogP contribution in [0.1, 0.15) is 35.3 Å². The summed E-state index contributed by atoms with van der Waals surface area (Å²) in [4.78, 5) is 23.8. The number of carboxylic acid groups (broad SMARTS) is 1. The first-order valence-corrected chi connectivity index (χ1v) is 9.00. The maximum absolute atomic E-state index is 12.6. The molecule has 0 bridgehead atoms. The molecule has 0 aromatic heterocycles. The Morgan fingerprint density at radius 2 is 1.50 bits per heavy atom. The number of amides is 1. The summed E-state index contributed by atoms with van der Waals surface area (Å²) in [5, 5.41) is 13.9. The zero-order valence-electron chi connectivity index (χ0n) is 16.4. The average molecular weight is 377 g/mol. The van der Waals surface area contributed by atoms with Gasteiger partial charge < -0.3 is 15.2 Å². The first kappa shape index (κ1) is 19.4. The molecule has 28 heavy (non-hydrogen) atoms. The lowest BCUT2D eigenvalue weighted by atomic mass is 10.1. The summed E-state index contributed by atoms with van der Waals surface area (Å²) in [6.07, 6.45) is 0. The fourth-order valence-corrected chi connectivity index (χ4v) is 3.02. The van der Waals surface area contributed by atoms with Crippen LogP contribution in [0.2, 0.25) is 0 Å². The molecular weight excluding hydrogens is 354 g/mol. The van der Waals surface area contributed by atoms with Crippen LogP contribution in [0.25, 0.3) is 10.8 Å². The molecule has 0 atom stereocenters. The standard InChI is InChI=1S/C23H23NO4/c1-14-9-15(2)11-19(10-14)24-21(25)18-6-5-17-13-20(8-7-16(17)12-18)28-23(3,4)22(26)27/h5-13H,1-4H3,(H,24,25)(H,26,27). The fourth-order valence-electron chi connectivity index (χ4n) is 3.02. The van der Waals surface area contributed by atoms with E-state index in [4.69, 9.17) is 4.74 Å². The third kappa shape index (κ3) is 4.31. The molecule has 0 spiro atoms. The third-order valence-corrected chi connectivity index (χ3v) is 4.44. The van der Waals surface area contributed by atoms with Crippen molar-refractivity contribution in [3.63, 3.8) is 0 Å². The summed E-state index contributed by atoms with van der Waals surface area (Å²) in [5.41, 5.74) is 2.17. The van der Waals surface area contributed by atoms with Gasteiger partial charge in [-0.15, -0.1) is 0 Å². The van der Waals surface area contributed by atoms with E-state index in [1.807, 2.05) is 38.1 Å². The van der Waals surface area contributed by atoms with Gasteiger partial charge in [-0.1, -0.05) is 18.2 Å². The summed E-state index contributed by atoms with van der Waals surface area (Å²) in [6.45, 7) is 6.98. The number of fused-ring (bicyclic) bond motifs is 1. The van der Waals surface area contributed by atoms with E-state index in [2.05, 4.69) is 11.4 Å². The second-order valence-electron chi connectivity index (χ2n) is 7.47. The van der Waals surface area contributed by atoms with Gasteiger partial charge in [-0.05, 0) is 86.0 Å². The van der Waals surface area contributed by atoms with Gasteiger partial charge in [-0.25, -0.2) is 4.79 Å². The van der Waals surface area contributed by atoms with E-state index in [0.717, 1.165) is 27.6 Å². The van der Waals surface area contributed by atoms with E-state index in [1.54, 1.807) is 24.3 Å². The topological polar surface area (TPSA) is 75.6 Å². The first-order chi connectivity index (χ1) is 13.1. The van der Waals surface area contributed by atoms with Gasteiger partial charge in [0.05, 0.1) is 0 Å². The summed E-state index contributed by atoms with van der Waals surface area (Å²) < 4.78 is 5.57. The number of carbonyl (C=O) groups is 2. The van der Waals surface area contributed by atoms with Gasteiger partial charge in [-0.3, -0.25) is 4.79 Å². The van der Waals surface area contributed by atoms with E-state index >= 15 is 0 Å². The normalized spacial score (nSPS) is 11.3. The Labute approximate surface area is 164 Å². The van der Waals surface area contributed by atoms with E-state index < -0.39 is 11.6 Å². The predicted octanol–water partition coefficient (Wildman–Crippen LogP) is 4.95. The molecule has 0 radical (unpaired) electrons. The SMILES string of the molecule is Cc1cc(C)cc(NC(=O)c2ccc3cc(OC(C)(C)C(=O)O)ccc3c2)c1. The number of carbonyl (C=O) groups excluding carboxylic acids is 1. The van der Waals surface area contributed by atoms with Gasteiger partial charge in [0, 0.05) is 11.3 Å². The Hall–Kier alpha value is -3.34. The second kappa shape index (κ2) is 7.35. The second-order valence-corrected chi connectivity index (χ2v) is 7.47. The van der Waals surface area contributed by atoms with Crippen LogP contribution >= 0.6 is 0 Å². The minimum atomic E-state index is -1.32. The van der Waals surface area contributed by atoms with Gasteiger partial charge in [0.15, 0.2) is 5.60 Å². The van der Waals surface area contributed by atoms with E-state index in [9.17, 15) is 14.7 Å². The molecule has 0 saturated heterocycles. The molecule has 0 aliphatic rings. The molecule has 5 heteroatoms. The van der Waals surface area contributed by atoms with Crippen LogP contribution in [0.3, 0.4) is 0 Å². The molecule has 0 aliphatic carbocycles. The van der Waals surface area contributed by atoms with Crippen molar-refractivity contribution >= 4 is 28.3 Å². The first-order valence-electron chi connectivity index (χ1n) is 9.00. The number of ether oxygens (including phenoxy) is 1. The van der Waals surface area contributed by atoms with E-state index in [1.165, 1.54) is 13.8 Å². The number of rotatable bonds is 5. The van der Waals surface area contributed by atoms with Crippen molar-refractivity contribution < 1.29 is 19.4 Å². The number of benzene rings is 3. The van der Waals surface area contributed by atoms with Crippen molar-refractivity contribution in [1.82, 2.24) is 0 Å². The van der Waals surface area contributed by atoms with Crippen molar-refractivity contribution in [3.8, 4) is 5.75 Å². The van der Waals surface area contributed by atoms with Gasteiger partial charge in [0.25, 0.3) is 5.91 Å². The Bertz CT molecular complexity index is 1050. The number of carboxylic acids is 1. The Balaban J connectivity index is 1.83. The van der Waals surface area contributed by atoms with Gasteiger partial charge in [-0.2, -0.15) is 0 Å². The molecule has 1 amide bonds. The minimum Gasteiger partial charge on any atom is -0.478 e. The molecule has 3 rings (SSSR count). The van der Waals surface area contributed by atoms with Crippen molar-refractivity contribution in [2.45, 2.75) is 33.3 Å². The zero-order valence-corrected chi connectivity index (χ0v) is 16.4. The van der Waals surface area contributed by atoms with Crippen molar-refractivity contribution in [2.75, 3.05) is 5.32 Å². The molecule has 0 fully saturated rings. The largest absolute Gasteiger partial charge is 0.478 e. The average Bonchev–Trinajstić information content (AvgIpc) is 2.59. The van der Waals surface area contributed by atoms with Gasteiger partial charge in [0.1, 0.15) is 5.75 Å². The molecule has 5 nitrogen and oxygen atoms in total. The Morgan fingerprint density at radius 3 is 2.14 bits per heavy atom. The summed E-state index contributed by atoms with van der Waals surface area (Å²) >= 11 is 0. The molecule has 0 unspecified atom stereocenters. The third-order valence-electron chi connectivity index (χ3n) is 4.44. The highest BCUT2D eigenvalue weighted by Crippen LogP contribution is 2.25. The van der Waals surface area contributed by atoms with Crippen molar-refractivity contribution in [1.29, 1.82) is 0 Å². The van der Waals surface area contributed by atoms with E-state index in [0.29, 0.717) is 11.3 Å². The maximum atomic E-state index is 12.6. The lowest BCUT2D eigenvalue weighted by Crippen LogP contribution is -2.37. The van der Waals surface area contributed by atoms with Gasteiger partial charge in [0.2, 0.25) is 0 Å². The lowest BCUT2D eigenvalue weighted by molar-refractivity contribution is -0.152. The Morgan fingerprint density at radius 1 is 0.893 bits per heavy atom. The number of hydrogen-bond donors (Lipinski definition) is 2.